The van der Waals surface area contributed by atoms with Gasteiger partial charge in [-0.1, -0.05) is 33.6 Å². The van der Waals surface area contributed by atoms with Gasteiger partial charge in [-0.15, -0.1) is 0 Å². The molecule has 0 aromatic carbocycles. The van der Waals surface area contributed by atoms with E-state index in [4.69, 9.17) is 0 Å². The van der Waals surface area contributed by atoms with Crippen molar-refractivity contribution < 1.29 is 0 Å². The Hall–Kier alpha value is -0.0800. The first-order valence-electron chi connectivity index (χ1n) is 7.16. The van der Waals surface area contributed by atoms with Crippen LogP contribution in [0.5, 0.6) is 0 Å². The van der Waals surface area contributed by atoms with Crippen molar-refractivity contribution in [2.24, 2.45) is 11.8 Å². The van der Waals surface area contributed by atoms with Crippen LogP contribution in [0.2, 0.25) is 0 Å². The zero-order chi connectivity index (χ0) is 12.0. The summed E-state index contributed by atoms with van der Waals surface area (Å²) in [5, 5.41) is 3.55. The first-order valence-corrected chi connectivity index (χ1v) is 7.16. The zero-order valence-electron chi connectivity index (χ0n) is 11.6. The highest BCUT2D eigenvalue weighted by Crippen LogP contribution is 2.18. The Morgan fingerprint density at radius 2 is 1.94 bits per heavy atom. The minimum atomic E-state index is 0.718. The van der Waals surface area contributed by atoms with Gasteiger partial charge in [0.2, 0.25) is 0 Å². The van der Waals surface area contributed by atoms with Crippen molar-refractivity contribution in [1.29, 1.82) is 0 Å². The van der Waals surface area contributed by atoms with Crippen LogP contribution in [-0.4, -0.2) is 37.1 Å². The number of rotatable bonds is 7. The Labute approximate surface area is 102 Å². The fourth-order valence-electron chi connectivity index (χ4n) is 2.74. The summed E-state index contributed by atoms with van der Waals surface area (Å²) in [5.41, 5.74) is 0. The van der Waals surface area contributed by atoms with Gasteiger partial charge in [-0.3, -0.25) is 0 Å². The van der Waals surface area contributed by atoms with Crippen molar-refractivity contribution in [1.82, 2.24) is 10.2 Å². The summed E-state index contributed by atoms with van der Waals surface area (Å²) in [5.74, 6) is 1.76. The minimum Gasteiger partial charge on any atom is -0.314 e. The van der Waals surface area contributed by atoms with Gasteiger partial charge in [-0.05, 0) is 38.3 Å². The Bertz CT molecular complexity index is 178. The minimum absolute atomic E-state index is 0.718. The first kappa shape index (κ1) is 14.0. The monoisotopic (exact) mass is 226 g/mol. The Kier molecular flexibility index (Phi) is 6.37. The molecule has 1 fully saturated rings. The molecule has 0 amide bonds. The van der Waals surface area contributed by atoms with Crippen LogP contribution in [0.3, 0.4) is 0 Å². The lowest BCUT2D eigenvalue weighted by Gasteiger charge is -2.29. The molecule has 0 aliphatic carbocycles. The summed E-state index contributed by atoms with van der Waals surface area (Å²) in [6, 6.07) is 0.718. The molecular formula is C14H30N2. The molecule has 1 rings (SSSR count). The maximum absolute atomic E-state index is 3.55. The molecule has 1 aliphatic heterocycles. The Balaban J connectivity index is 2.35. The first-order chi connectivity index (χ1) is 7.71. The van der Waals surface area contributed by atoms with E-state index in [9.17, 15) is 0 Å². The average Bonchev–Trinajstić information content (AvgIpc) is 2.70. The third-order valence-corrected chi connectivity index (χ3v) is 4.30. The summed E-state index contributed by atoms with van der Waals surface area (Å²) in [6.45, 7) is 14.3. The lowest BCUT2D eigenvalue weighted by molar-refractivity contribution is 0.196. The van der Waals surface area contributed by atoms with E-state index in [2.05, 4.69) is 37.9 Å². The molecule has 2 atom stereocenters. The maximum Gasteiger partial charge on any atom is 0.00796 e. The van der Waals surface area contributed by atoms with Gasteiger partial charge in [-0.25, -0.2) is 0 Å². The van der Waals surface area contributed by atoms with Crippen molar-refractivity contribution in [3.63, 3.8) is 0 Å². The van der Waals surface area contributed by atoms with Crippen molar-refractivity contribution >= 4 is 0 Å². The van der Waals surface area contributed by atoms with Gasteiger partial charge >= 0.3 is 0 Å². The molecule has 0 radical (unpaired) electrons. The van der Waals surface area contributed by atoms with Gasteiger partial charge in [0.25, 0.3) is 0 Å². The fourth-order valence-corrected chi connectivity index (χ4v) is 2.74. The van der Waals surface area contributed by atoms with Gasteiger partial charge < -0.3 is 10.2 Å². The smallest absolute Gasteiger partial charge is 0.00796 e. The highest BCUT2D eigenvalue weighted by atomic mass is 15.1. The third-order valence-electron chi connectivity index (χ3n) is 4.30. The molecule has 0 spiro atoms. The second kappa shape index (κ2) is 7.29. The summed E-state index contributed by atoms with van der Waals surface area (Å²) in [6.07, 6.45) is 4.01. The number of hydrogen-bond acceptors (Lipinski definition) is 2. The number of nitrogens with zero attached hydrogens (tertiary/aromatic N) is 1. The van der Waals surface area contributed by atoms with Gasteiger partial charge in [0, 0.05) is 19.1 Å². The van der Waals surface area contributed by atoms with E-state index in [1.807, 2.05) is 0 Å². The zero-order valence-corrected chi connectivity index (χ0v) is 11.6. The van der Waals surface area contributed by atoms with Crippen molar-refractivity contribution in [3.05, 3.63) is 0 Å². The molecule has 1 N–H and O–H groups in total. The molecule has 1 heterocycles. The predicted molar refractivity (Wildman–Crippen MR) is 71.8 cm³/mol. The molecule has 2 nitrogen and oxygen atoms in total. The van der Waals surface area contributed by atoms with E-state index in [-0.39, 0.29) is 0 Å². The van der Waals surface area contributed by atoms with E-state index in [0.717, 1.165) is 17.9 Å². The molecule has 0 bridgehead atoms. The van der Waals surface area contributed by atoms with Crippen molar-refractivity contribution in [2.75, 3.05) is 26.2 Å². The van der Waals surface area contributed by atoms with E-state index < -0.39 is 0 Å². The summed E-state index contributed by atoms with van der Waals surface area (Å²) < 4.78 is 0. The van der Waals surface area contributed by atoms with E-state index in [1.54, 1.807) is 0 Å². The largest absolute Gasteiger partial charge is 0.314 e. The topological polar surface area (TPSA) is 15.3 Å². The molecule has 0 saturated carbocycles. The van der Waals surface area contributed by atoms with Gasteiger partial charge in [-0.2, -0.15) is 0 Å². The van der Waals surface area contributed by atoms with Crippen LogP contribution in [0.15, 0.2) is 0 Å². The number of hydrogen-bond donors (Lipinski definition) is 1. The Morgan fingerprint density at radius 3 is 2.38 bits per heavy atom. The van der Waals surface area contributed by atoms with Crippen molar-refractivity contribution in [3.8, 4) is 0 Å². The van der Waals surface area contributed by atoms with Crippen LogP contribution in [0, 0.1) is 11.8 Å². The van der Waals surface area contributed by atoms with Crippen LogP contribution in [0.25, 0.3) is 0 Å². The third kappa shape index (κ3) is 4.06. The lowest BCUT2D eigenvalue weighted by Crippen LogP contribution is -2.37. The molecule has 16 heavy (non-hydrogen) atoms. The van der Waals surface area contributed by atoms with Crippen molar-refractivity contribution in [2.45, 2.75) is 53.0 Å². The van der Waals surface area contributed by atoms with E-state index >= 15 is 0 Å². The lowest BCUT2D eigenvalue weighted by atomic mass is 9.99. The molecule has 1 aliphatic rings. The standard InChI is InChI=1S/C14H30N2/c1-5-13(6-2)10-16(7-3)11-14-8-9-15-12(14)4/h12-15H,5-11H2,1-4H3. The van der Waals surface area contributed by atoms with Crippen LogP contribution in [-0.2, 0) is 0 Å². The van der Waals surface area contributed by atoms with Gasteiger partial charge in [0.1, 0.15) is 0 Å². The summed E-state index contributed by atoms with van der Waals surface area (Å²) in [4.78, 5) is 2.66. The predicted octanol–water partition coefficient (Wildman–Crippen LogP) is 2.74. The highest BCUT2D eigenvalue weighted by molar-refractivity contribution is 4.82. The molecule has 2 heteroatoms. The Morgan fingerprint density at radius 1 is 1.25 bits per heavy atom. The molecule has 1 saturated heterocycles. The van der Waals surface area contributed by atoms with E-state index in [0.29, 0.717) is 0 Å². The quantitative estimate of drug-likeness (QED) is 0.718. The summed E-state index contributed by atoms with van der Waals surface area (Å²) >= 11 is 0. The summed E-state index contributed by atoms with van der Waals surface area (Å²) in [7, 11) is 0. The van der Waals surface area contributed by atoms with Crippen LogP contribution < -0.4 is 5.32 Å². The second-order valence-corrected chi connectivity index (χ2v) is 5.33. The van der Waals surface area contributed by atoms with Crippen LogP contribution in [0.4, 0.5) is 0 Å². The molecule has 0 aromatic heterocycles. The fraction of sp³-hybridized carbons (Fsp3) is 1.00. The average molecular weight is 226 g/mol. The number of nitrogens with one attached hydrogen (secondary N) is 1. The van der Waals surface area contributed by atoms with Crippen LogP contribution in [0.1, 0.15) is 47.0 Å². The van der Waals surface area contributed by atoms with Gasteiger partial charge in [0.05, 0.1) is 0 Å². The maximum atomic E-state index is 3.55. The van der Waals surface area contributed by atoms with Crippen LogP contribution >= 0.6 is 0 Å². The second-order valence-electron chi connectivity index (χ2n) is 5.33. The SMILES string of the molecule is CCC(CC)CN(CC)CC1CCNC1C. The molecule has 0 aromatic rings. The molecular weight excluding hydrogens is 196 g/mol. The normalized spacial score (nSPS) is 25.9. The molecule has 2 unspecified atom stereocenters. The van der Waals surface area contributed by atoms with E-state index in [1.165, 1.54) is 45.4 Å². The molecule has 96 valence electrons. The van der Waals surface area contributed by atoms with Gasteiger partial charge in [0.15, 0.2) is 0 Å². The highest BCUT2D eigenvalue weighted by Gasteiger charge is 2.24.